The Morgan fingerprint density at radius 3 is 2.92 bits per heavy atom. The van der Waals surface area contributed by atoms with E-state index in [1.165, 1.54) is 12.2 Å². The second-order valence-corrected chi connectivity index (χ2v) is 4.08. The first-order valence-electron chi connectivity index (χ1n) is 4.58. The van der Waals surface area contributed by atoms with Crippen LogP contribution in [0.5, 0.6) is 0 Å². The van der Waals surface area contributed by atoms with Crippen LogP contribution in [0, 0.1) is 12.3 Å². The van der Waals surface area contributed by atoms with Crippen LogP contribution in [0.15, 0.2) is 0 Å². The maximum Gasteiger partial charge on any atom is 0.0130 e. The van der Waals surface area contributed by atoms with Gasteiger partial charge in [0.2, 0.25) is 0 Å². The molecule has 0 aliphatic heterocycles. The van der Waals surface area contributed by atoms with Crippen molar-refractivity contribution in [1.82, 2.24) is 0 Å². The topological polar surface area (TPSA) is 26.0 Å². The van der Waals surface area contributed by atoms with Gasteiger partial charge in [-0.05, 0) is 25.0 Å². The molecule has 0 aromatic carbocycles. The van der Waals surface area contributed by atoms with Gasteiger partial charge in [-0.25, -0.2) is 0 Å². The minimum Gasteiger partial charge on any atom is -0.327 e. The van der Waals surface area contributed by atoms with Crippen LogP contribution in [-0.2, 0) is 0 Å². The molecule has 0 saturated carbocycles. The summed E-state index contributed by atoms with van der Waals surface area (Å²) in [5, 5.41) is 0. The molecule has 0 aliphatic carbocycles. The van der Waals surface area contributed by atoms with Gasteiger partial charge in [-0.3, -0.25) is 0 Å². The Hall–Kier alpha value is -0.130. The number of hydrogen-bond donors (Lipinski definition) is 1. The van der Waals surface area contributed by atoms with Crippen LogP contribution >= 0.6 is 11.8 Å². The summed E-state index contributed by atoms with van der Waals surface area (Å²) in [6.07, 6.45) is 9.39. The van der Waals surface area contributed by atoms with E-state index < -0.39 is 0 Å². The fraction of sp³-hybridized carbons (Fsp3) is 0.800. The summed E-state index contributed by atoms with van der Waals surface area (Å²) in [6.45, 7) is 2.19. The van der Waals surface area contributed by atoms with Crippen molar-refractivity contribution in [3.8, 4) is 12.3 Å². The molecule has 0 bridgehead atoms. The van der Waals surface area contributed by atoms with E-state index in [0.29, 0.717) is 6.04 Å². The molecule has 2 N–H and O–H groups in total. The fourth-order valence-corrected chi connectivity index (χ4v) is 1.85. The molecule has 0 spiro atoms. The number of nitrogens with two attached hydrogens (primary N) is 1. The normalized spacial score (nSPS) is 12.4. The molecule has 0 fully saturated rings. The smallest absolute Gasteiger partial charge is 0.0130 e. The van der Waals surface area contributed by atoms with Crippen molar-refractivity contribution in [1.29, 1.82) is 0 Å². The van der Waals surface area contributed by atoms with E-state index in [4.69, 9.17) is 12.2 Å². The first kappa shape index (κ1) is 11.9. The number of terminal acetylenes is 1. The Bertz CT molecular complexity index is 128. The molecular formula is C10H19NS. The standard InChI is InChI=1S/C10H19NS/c1-3-5-6-7-10(11)9-12-8-4-2/h1,10H,4-9,11H2,2H3. The number of hydrogen-bond acceptors (Lipinski definition) is 2. The molecule has 70 valence electrons. The molecule has 0 saturated heterocycles. The summed E-state index contributed by atoms with van der Waals surface area (Å²) < 4.78 is 0. The largest absolute Gasteiger partial charge is 0.327 e. The Morgan fingerprint density at radius 2 is 2.33 bits per heavy atom. The highest BCUT2D eigenvalue weighted by atomic mass is 32.2. The molecule has 1 nitrogen and oxygen atoms in total. The molecule has 0 aromatic heterocycles. The van der Waals surface area contributed by atoms with Gasteiger partial charge >= 0.3 is 0 Å². The van der Waals surface area contributed by atoms with Gasteiger partial charge in [0.25, 0.3) is 0 Å². The predicted octanol–water partition coefficient (Wildman–Crippen LogP) is 2.26. The highest BCUT2D eigenvalue weighted by Crippen LogP contribution is 2.07. The van der Waals surface area contributed by atoms with Gasteiger partial charge in [-0.1, -0.05) is 6.92 Å². The first-order chi connectivity index (χ1) is 5.81. The van der Waals surface area contributed by atoms with Crippen LogP contribution in [0.4, 0.5) is 0 Å². The van der Waals surface area contributed by atoms with Gasteiger partial charge < -0.3 is 5.73 Å². The lowest BCUT2D eigenvalue weighted by Crippen LogP contribution is -2.22. The third kappa shape index (κ3) is 7.97. The van der Waals surface area contributed by atoms with Crippen molar-refractivity contribution < 1.29 is 0 Å². The molecule has 0 aliphatic rings. The summed E-state index contributed by atoms with van der Waals surface area (Å²) in [6, 6.07) is 0.342. The van der Waals surface area contributed by atoms with E-state index in [9.17, 15) is 0 Å². The first-order valence-corrected chi connectivity index (χ1v) is 5.73. The van der Waals surface area contributed by atoms with E-state index in [-0.39, 0.29) is 0 Å². The Balaban J connectivity index is 3.11. The van der Waals surface area contributed by atoms with Crippen molar-refractivity contribution in [2.24, 2.45) is 5.73 Å². The van der Waals surface area contributed by atoms with Crippen LogP contribution in [0.2, 0.25) is 0 Å². The van der Waals surface area contributed by atoms with E-state index in [2.05, 4.69) is 12.8 Å². The van der Waals surface area contributed by atoms with E-state index >= 15 is 0 Å². The number of rotatable bonds is 7. The quantitative estimate of drug-likeness (QED) is 0.486. The highest BCUT2D eigenvalue weighted by Gasteiger charge is 2.00. The Labute approximate surface area is 80.5 Å². The van der Waals surface area contributed by atoms with E-state index in [0.717, 1.165) is 25.0 Å². The lowest BCUT2D eigenvalue weighted by atomic mass is 10.1. The monoisotopic (exact) mass is 185 g/mol. The number of thioether (sulfide) groups is 1. The zero-order chi connectivity index (χ0) is 9.23. The summed E-state index contributed by atoms with van der Waals surface area (Å²) in [7, 11) is 0. The second-order valence-electron chi connectivity index (χ2n) is 2.93. The van der Waals surface area contributed by atoms with Gasteiger partial charge in [-0.2, -0.15) is 11.8 Å². The summed E-state index contributed by atoms with van der Waals surface area (Å²) >= 11 is 1.94. The van der Waals surface area contributed by atoms with E-state index in [1.807, 2.05) is 11.8 Å². The zero-order valence-corrected chi connectivity index (χ0v) is 8.70. The average molecular weight is 185 g/mol. The Kier molecular flexibility index (Phi) is 8.86. The van der Waals surface area contributed by atoms with Crippen molar-refractivity contribution in [3.05, 3.63) is 0 Å². The van der Waals surface area contributed by atoms with Crippen LogP contribution in [0.3, 0.4) is 0 Å². The second kappa shape index (κ2) is 8.96. The number of unbranched alkanes of at least 4 members (excludes halogenated alkanes) is 1. The lowest BCUT2D eigenvalue weighted by Gasteiger charge is -2.09. The van der Waals surface area contributed by atoms with Gasteiger partial charge in [0.15, 0.2) is 0 Å². The SMILES string of the molecule is C#CCCCC(N)CSCCC. The fourth-order valence-electron chi connectivity index (χ4n) is 0.929. The summed E-state index contributed by atoms with van der Waals surface area (Å²) in [5.74, 6) is 4.93. The summed E-state index contributed by atoms with van der Waals surface area (Å²) in [5.41, 5.74) is 5.87. The Morgan fingerprint density at radius 1 is 1.58 bits per heavy atom. The molecule has 12 heavy (non-hydrogen) atoms. The predicted molar refractivity (Wildman–Crippen MR) is 58.3 cm³/mol. The van der Waals surface area contributed by atoms with Crippen molar-refractivity contribution in [2.45, 2.75) is 38.6 Å². The molecular weight excluding hydrogens is 166 g/mol. The van der Waals surface area contributed by atoms with Crippen LogP contribution < -0.4 is 5.73 Å². The maximum absolute atomic E-state index is 5.87. The molecule has 1 atom stereocenters. The summed E-state index contributed by atoms with van der Waals surface area (Å²) in [4.78, 5) is 0. The van der Waals surface area contributed by atoms with Crippen LogP contribution in [0.1, 0.15) is 32.6 Å². The lowest BCUT2D eigenvalue weighted by molar-refractivity contribution is 0.641. The van der Waals surface area contributed by atoms with Crippen molar-refractivity contribution >= 4 is 11.8 Å². The van der Waals surface area contributed by atoms with Gasteiger partial charge in [-0.15, -0.1) is 12.3 Å². The molecule has 1 unspecified atom stereocenters. The third-order valence-corrected chi connectivity index (χ3v) is 2.94. The molecule has 0 heterocycles. The van der Waals surface area contributed by atoms with Crippen molar-refractivity contribution in [2.75, 3.05) is 11.5 Å². The maximum atomic E-state index is 5.87. The minimum atomic E-state index is 0.342. The highest BCUT2D eigenvalue weighted by molar-refractivity contribution is 7.99. The van der Waals surface area contributed by atoms with Gasteiger partial charge in [0.05, 0.1) is 0 Å². The van der Waals surface area contributed by atoms with Crippen LogP contribution in [0.25, 0.3) is 0 Å². The molecule has 2 heteroatoms. The molecule has 0 rings (SSSR count). The minimum absolute atomic E-state index is 0.342. The van der Waals surface area contributed by atoms with Gasteiger partial charge in [0, 0.05) is 18.2 Å². The molecule has 0 amide bonds. The zero-order valence-electron chi connectivity index (χ0n) is 7.88. The van der Waals surface area contributed by atoms with E-state index in [1.54, 1.807) is 0 Å². The molecule has 0 radical (unpaired) electrons. The van der Waals surface area contributed by atoms with Crippen molar-refractivity contribution in [3.63, 3.8) is 0 Å². The average Bonchev–Trinajstić information content (AvgIpc) is 2.06. The molecule has 0 aromatic rings. The van der Waals surface area contributed by atoms with Crippen LogP contribution in [-0.4, -0.2) is 17.5 Å². The van der Waals surface area contributed by atoms with Gasteiger partial charge in [0.1, 0.15) is 0 Å². The third-order valence-electron chi connectivity index (χ3n) is 1.58.